The molecular weight excluding hydrogens is 981 g/mol. The lowest BCUT2D eigenvalue weighted by atomic mass is 9.88. The molecule has 73 heavy (non-hydrogen) atoms. The zero-order valence-electron chi connectivity index (χ0n) is 41.4. The molecular formula is C47H60BF2N8O14S+. The minimum absolute atomic E-state index is 0.0377. The summed E-state index contributed by atoms with van der Waals surface area (Å²) >= 11 is 0. The molecule has 2 aromatic heterocycles. The van der Waals surface area contributed by atoms with Crippen molar-refractivity contribution in [3.05, 3.63) is 116 Å². The number of methoxy groups -OCH3 is 1. The highest BCUT2D eigenvalue weighted by Crippen LogP contribution is 2.41. The van der Waals surface area contributed by atoms with Gasteiger partial charge in [-0.25, -0.2) is 4.79 Å². The normalized spacial score (nSPS) is 14.9. The fourth-order valence-electron chi connectivity index (χ4n) is 8.53. The third kappa shape index (κ3) is 13.6. The van der Waals surface area contributed by atoms with Gasteiger partial charge in [-0.15, -0.1) is 4.73 Å². The monoisotopic (exact) mass is 1040 g/mol. The average Bonchev–Trinajstić information content (AvgIpc) is 3.96. The molecule has 0 saturated heterocycles. The van der Waals surface area contributed by atoms with Crippen LogP contribution >= 0.6 is 0 Å². The van der Waals surface area contributed by atoms with E-state index in [9.17, 15) is 47.7 Å². The number of hydrogen-bond acceptors (Lipinski definition) is 14. The number of aromatic hydroxyl groups is 2. The van der Waals surface area contributed by atoms with E-state index in [4.69, 9.17) is 19.0 Å². The van der Waals surface area contributed by atoms with Crippen LogP contribution in [0.1, 0.15) is 60.4 Å². The fraction of sp³-hybridized carbons (Fsp3) is 0.404. The first kappa shape index (κ1) is 55.0. The van der Waals surface area contributed by atoms with Crippen molar-refractivity contribution in [2.24, 2.45) is 0 Å². The number of benzene rings is 2. The number of likely N-dealkylation sites (N-methyl/N-ethyl adjacent to an activating group) is 1. The second-order valence-corrected chi connectivity index (χ2v) is 20.2. The number of hydrogen-bond donors (Lipinski definition) is 5. The van der Waals surface area contributed by atoms with E-state index in [1.54, 1.807) is 55.3 Å². The maximum Gasteiger partial charge on any atom is 0.737 e. The van der Waals surface area contributed by atoms with Gasteiger partial charge < -0.3 is 62.0 Å². The summed E-state index contributed by atoms with van der Waals surface area (Å²) in [7, 11) is 4.35. The minimum Gasteiger partial charge on any atom is -0.493 e. The molecule has 0 spiro atoms. The van der Waals surface area contributed by atoms with Crippen molar-refractivity contribution in [2.75, 3.05) is 73.8 Å². The molecule has 0 saturated carbocycles. The number of rotatable bonds is 24. The van der Waals surface area contributed by atoms with Crippen LogP contribution in [-0.4, -0.2) is 162 Å². The molecule has 2 amide bonds. The molecule has 2 aliphatic rings. The predicted octanol–water partition coefficient (Wildman–Crippen LogP) is 4.19. The van der Waals surface area contributed by atoms with Gasteiger partial charge >= 0.3 is 13.1 Å². The summed E-state index contributed by atoms with van der Waals surface area (Å²) in [5.74, 6) is -4.15. The molecule has 26 heteroatoms. The van der Waals surface area contributed by atoms with Gasteiger partial charge in [0.25, 0.3) is 15.8 Å². The van der Waals surface area contributed by atoms with Crippen molar-refractivity contribution in [3.8, 4) is 23.3 Å². The van der Waals surface area contributed by atoms with Crippen molar-refractivity contribution in [3.63, 3.8) is 0 Å². The number of nitrogens with one attached hydrogen (secondary N) is 2. The van der Waals surface area contributed by atoms with Crippen molar-refractivity contribution in [1.29, 1.82) is 0 Å². The molecule has 0 radical (unpaired) electrons. The number of aromatic nitrogens is 2. The zero-order chi connectivity index (χ0) is 53.6. The Morgan fingerprint density at radius 2 is 1.68 bits per heavy atom. The predicted molar refractivity (Wildman–Crippen MR) is 263 cm³/mol. The van der Waals surface area contributed by atoms with Crippen LogP contribution in [0.5, 0.6) is 23.3 Å². The molecule has 4 heterocycles. The second-order valence-electron chi connectivity index (χ2n) is 18.7. The van der Waals surface area contributed by atoms with Gasteiger partial charge in [-0.3, -0.25) is 29.1 Å². The van der Waals surface area contributed by atoms with Crippen LogP contribution in [0.3, 0.4) is 0 Å². The highest BCUT2D eigenvalue weighted by atomic mass is 32.2. The number of aryl methyl sites for hydroxylation is 2. The van der Waals surface area contributed by atoms with E-state index < -0.39 is 81.7 Å². The van der Waals surface area contributed by atoms with Crippen LogP contribution in [0.25, 0.3) is 6.08 Å². The summed E-state index contributed by atoms with van der Waals surface area (Å²) in [6.07, 6.45) is 1.65. The topological polar surface area (TPSA) is 266 Å². The Bertz CT molecular complexity index is 2930. The number of allylic oxidation sites excluding steroid dienone is 2. The molecule has 2 atom stereocenters. The number of ether oxygens (including phenoxy) is 3. The van der Waals surface area contributed by atoms with E-state index in [-0.39, 0.29) is 55.4 Å². The van der Waals surface area contributed by atoms with Gasteiger partial charge in [0.05, 0.1) is 51.4 Å². The number of amides is 2. The third-order valence-corrected chi connectivity index (χ3v) is 12.9. The Morgan fingerprint density at radius 1 is 1.00 bits per heavy atom. The molecule has 2 unspecified atom stereocenters. The van der Waals surface area contributed by atoms with E-state index in [2.05, 4.69) is 31.8 Å². The van der Waals surface area contributed by atoms with Gasteiger partial charge in [-0.1, -0.05) is 18.2 Å². The Hall–Kier alpha value is -7.29. The Balaban J connectivity index is 1.05. The number of nitro groups is 1. The van der Waals surface area contributed by atoms with E-state index in [1.165, 1.54) is 20.1 Å². The van der Waals surface area contributed by atoms with Gasteiger partial charge in [-0.2, -0.15) is 8.42 Å². The number of carbonyl (C=O) groups excluding carboxylic acids is 3. The molecule has 4 aromatic rings. The van der Waals surface area contributed by atoms with E-state index in [1.807, 2.05) is 12.1 Å². The lowest BCUT2D eigenvalue weighted by molar-refractivity contribution is -0.870. The second kappa shape index (κ2) is 22.6. The van der Waals surface area contributed by atoms with Crippen molar-refractivity contribution < 1.29 is 79.1 Å². The van der Waals surface area contributed by atoms with Crippen molar-refractivity contribution >= 4 is 52.5 Å². The van der Waals surface area contributed by atoms with Crippen LogP contribution < -0.4 is 24.9 Å². The van der Waals surface area contributed by atoms with E-state index >= 15 is 8.63 Å². The first-order chi connectivity index (χ1) is 34.3. The molecule has 5 N–H and O–H groups in total. The zero-order valence-corrected chi connectivity index (χ0v) is 42.2. The van der Waals surface area contributed by atoms with Crippen LogP contribution in [0.2, 0.25) is 0 Å². The maximum atomic E-state index is 17.1. The highest BCUT2D eigenvalue weighted by Gasteiger charge is 2.54. The Kier molecular flexibility index (Phi) is 17.1. The van der Waals surface area contributed by atoms with Crippen molar-refractivity contribution in [1.82, 2.24) is 24.7 Å². The molecule has 394 valence electrons. The summed E-state index contributed by atoms with van der Waals surface area (Å²) in [6.45, 7) is -0.412. The third-order valence-electron chi connectivity index (χ3n) is 12.1. The number of nitrogens with zero attached hydrogens (tertiary/aromatic N) is 6. The lowest BCUT2D eigenvalue weighted by Gasteiger charge is -2.32. The Morgan fingerprint density at radius 3 is 2.32 bits per heavy atom. The molecule has 0 bridgehead atoms. The molecule has 0 fully saturated rings. The molecule has 2 aliphatic heterocycles. The first-order valence-corrected chi connectivity index (χ1v) is 24.7. The fourth-order valence-corrected chi connectivity index (χ4v) is 9.19. The number of carbonyl (C=O) groups is 3. The number of halogens is 2. The summed E-state index contributed by atoms with van der Waals surface area (Å²) in [5, 5.41) is 36.4. The van der Waals surface area contributed by atoms with Crippen LogP contribution in [0.15, 0.2) is 78.0 Å². The molecule has 22 nitrogen and oxygen atoms in total. The van der Waals surface area contributed by atoms with Gasteiger partial charge in [0.15, 0.2) is 22.9 Å². The van der Waals surface area contributed by atoms with Gasteiger partial charge in [0, 0.05) is 73.6 Å². The largest absolute Gasteiger partial charge is 0.737 e. The molecule has 2 aromatic carbocycles. The lowest BCUT2D eigenvalue weighted by Crippen LogP contribution is -2.52. The molecule has 6 rings (SSSR count). The van der Waals surface area contributed by atoms with Crippen LogP contribution in [0.4, 0.5) is 19.1 Å². The maximum absolute atomic E-state index is 17.1. The van der Waals surface area contributed by atoms with Crippen molar-refractivity contribution in [2.45, 2.75) is 51.7 Å². The standard InChI is InChI=1S/C47H59BF2N8O14S/c1-30-24-34(54-37(30)27-39-33(14-11-22-58(4,5)6)25-38(55(39)48(54,49)50)32-12-9-8-10-13-32)15-16-43(59)52-36(29-73(66,67)68)46(62)51-19-20-53(3)21-23-70-42-28-40(57(64)65)35(26-41(42)69-7)31(2)71-47(63)72-56-44(60)17-18-45(56)61/h8-10,12-13,17-18,24-28,31,36H,11,14-16,19-23,29H2,1-7H3,(H4-,51,52,59,60,61,62,66,67,68)/p+1. The summed E-state index contributed by atoms with van der Waals surface area (Å²) in [4.78, 5) is 56.8. The number of quaternary nitrogens is 1. The first-order valence-electron chi connectivity index (χ1n) is 23.1. The van der Waals surface area contributed by atoms with Crippen LogP contribution in [0, 0.1) is 17.0 Å². The number of fused-ring (bicyclic) bond motifs is 2. The average molecular weight is 1040 g/mol. The summed E-state index contributed by atoms with van der Waals surface area (Å²) in [6, 6.07) is 13.2. The highest BCUT2D eigenvalue weighted by molar-refractivity contribution is 7.85. The number of nitro benzene ring substituents is 1. The SMILES string of the molecule is COc1cc(C(C)OC(=O)On2c(O)ccc2O)c([N+](=O)[O-])cc1OCCN(C)CCNC(=O)C(CS(=O)(=O)O)NC(=O)CCc1cc(C)c2n1[B-](F)(F)[N+]1=C(c3ccccc3)C=C(CCC[N+](C)(C)C)C1=C2. The quantitative estimate of drug-likeness (QED) is 0.0165. The van der Waals surface area contributed by atoms with Gasteiger partial charge in [0.2, 0.25) is 23.6 Å². The van der Waals surface area contributed by atoms with Gasteiger partial charge in [0.1, 0.15) is 24.5 Å². The smallest absolute Gasteiger partial charge is 0.493 e. The summed E-state index contributed by atoms with van der Waals surface area (Å²) in [5.41, 5.74) is 2.61. The summed E-state index contributed by atoms with van der Waals surface area (Å²) < 4.78 is 87.4. The van der Waals surface area contributed by atoms with E-state index in [0.29, 0.717) is 39.4 Å². The van der Waals surface area contributed by atoms with E-state index in [0.717, 1.165) is 50.2 Å². The van der Waals surface area contributed by atoms with Crippen LogP contribution in [-0.2, 0) is 30.9 Å². The van der Waals surface area contributed by atoms with Gasteiger partial charge in [-0.05, 0) is 69.3 Å². The Labute approximate surface area is 420 Å². The minimum atomic E-state index is -4.80. The molecule has 0 aliphatic carbocycles.